The lowest BCUT2D eigenvalue weighted by Gasteiger charge is -2.18. The normalized spacial score (nSPS) is 19.7. The first-order chi connectivity index (χ1) is 13.1. The Balaban J connectivity index is 1.55. The first kappa shape index (κ1) is 17.9. The van der Waals surface area contributed by atoms with Gasteiger partial charge in [-0.3, -0.25) is 4.98 Å². The van der Waals surface area contributed by atoms with Crippen molar-refractivity contribution in [1.82, 2.24) is 15.0 Å². The van der Waals surface area contributed by atoms with Crippen LogP contribution in [-0.4, -0.2) is 39.3 Å². The summed E-state index contributed by atoms with van der Waals surface area (Å²) in [4.78, 5) is 15.9. The standard InChI is InChI=1S/C22H26N4O/c1-3-6-21-24-15(2)11-22(25-21)26-13-17(20(27)14-26)12-16-9-10-23-19-8-5-4-7-18(16)19/h4-5,7-11,17,20,27H,3,6,12-14H2,1-2H3/t17-,20+/m1/s1. The van der Waals surface area contributed by atoms with Gasteiger partial charge in [-0.2, -0.15) is 0 Å². The summed E-state index contributed by atoms with van der Waals surface area (Å²) in [5.74, 6) is 2.01. The Morgan fingerprint density at radius 1 is 1.15 bits per heavy atom. The van der Waals surface area contributed by atoms with Crippen LogP contribution in [0.2, 0.25) is 0 Å². The molecule has 5 nitrogen and oxygen atoms in total. The highest BCUT2D eigenvalue weighted by atomic mass is 16.3. The average molecular weight is 362 g/mol. The Hall–Kier alpha value is -2.53. The highest BCUT2D eigenvalue weighted by molar-refractivity contribution is 5.81. The lowest BCUT2D eigenvalue weighted by Crippen LogP contribution is -2.23. The van der Waals surface area contributed by atoms with Gasteiger partial charge in [-0.25, -0.2) is 9.97 Å². The number of aromatic nitrogens is 3. The second-order valence-electron chi connectivity index (χ2n) is 7.46. The number of β-amino-alcohol motifs (C(OH)–C–C–N with tert-alkyl or cyclic N) is 1. The Labute approximate surface area is 160 Å². The van der Waals surface area contributed by atoms with Gasteiger partial charge >= 0.3 is 0 Å². The van der Waals surface area contributed by atoms with Crippen molar-refractivity contribution in [3.05, 3.63) is 59.7 Å². The summed E-state index contributed by atoms with van der Waals surface area (Å²) in [6.07, 6.45) is 4.26. The van der Waals surface area contributed by atoms with E-state index in [0.717, 1.165) is 48.7 Å². The number of fused-ring (bicyclic) bond motifs is 1. The zero-order valence-corrected chi connectivity index (χ0v) is 16.0. The molecular weight excluding hydrogens is 336 g/mol. The highest BCUT2D eigenvalue weighted by Crippen LogP contribution is 2.28. The van der Waals surface area contributed by atoms with Gasteiger partial charge in [-0.1, -0.05) is 25.1 Å². The summed E-state index contributed by atoms with van der Waals surface area (Å²) >= 11 is 0. The molecule has 0 saturated carbocycles. The van der Waals surface area contributed by atoms with E-state index >= 15 is 0 Å². The van der Waals surface area contributed by atoms with Gasteiger partial charge < -0.3 is 10.0 Å². The minimum absolute atomic E-state index is 0.181. The van der Waals surface area contributed by atoms with Gasteiger partial charge in [0.15, 0.2) is 0 Å². The fraction of sp³-hybridized carbons (Fsp3) is 0.409. The summed E-state index contributed by atoms with van der Waals surface area (Å²) in [5.41, 5.74) is 3.24. The number of para-hydroxylation sites is 1. The van der Waals surface area contributed by atoms with Crippen LogP contribution in [0.3, 0.4) is 0 Å². The number of aryl methyl sites for hydroxylation is 2. The van der Waals surface area contributed by atoms with E-state index < -0.39 is 0 Å². The van der Waals surface area contributed by atoms with Crippen molar-refractivity contribution in [1.29, 1.82) is 0 Å². The number of hydrogen-bond donors (Lipinski definition) is 1. The second kappa shape index (κ2) is 7.61. The Kier molecular flexibility index (Phi) is 5.03. The molecule has 1 N–H and O–H groups in total. The third-order valence-electron chi connectivity index (χ3n) is 5.31. The molecule has 0 aliphatic carbocycles. The molecule has 0 radical (unpaired) electrons. The van der Waals surface area contributed by atoms with Gasteiger partial charge in [0.05, 0.1) is 11.6 Å². The number of rotatable bonds is 5. The van der Waals surface area contributed by atoms with E-state index in [4.69, 9.17) is 4.98 Å². The third kappa shape index (κ3) is 3.78. The molecule has 0 unspecified atom stereocenters. The molecule has 140 valence electrons. The van der Waals surface area contributed by atoms with Crippen LogP contribution in [0.25, 0.3) is 10.9 Å². The van der Waals surface area contributed by atoms with Crippen molar-refractivity contribution in [3.8, 4) is 0 Å². The second-order valence-corrected chi connectivity index (χ2v) is 7.46. The molecule has 3 heterocycles. The van der Waals surface area contributed by atoms with Crippen LogP contribution in [0, 0.1) is 12.8 Å². The van der Waals surface area contributed by atoms with Crippen LogP contribution < -0.4 is 4.90 Å². The van der Waals surface area contributed by atoms with Gasteiger partial charge in [0.1, 0.15) is 11.6 Å². The molecule has 0 spiro atoms. The Morgan fingerprint density at radius 3 is 2.85 bits per heavy atom. The van der Waals surface area contributed by atoms with Crippen LogP contribution in [0.5, 0.6) is 0 Å². The van der Waals surface area contributed by atoms with Crippen LogP contribution in [-0.2, 0) is 12.8 Å². The minimum atomic E-state index is -0.359. The maximum absolute atomic E-state index is 10.7. The zero-order valence-electron chi connectivity index (χ0n) is 16.0. The molecule has 0 bridgehead atoms. The van der Waals surface area contributed by atoms with Crippen LogP contribution in [0.15, 0.2) is 42.6 Å². The van der Waals surface area contributed by atoms with Gasteiger partial charge in [-0.05, 0) is 37.5 Å². The molecule has 0 amide bonds. The molecular formula is C22H26N4O. The van der Waals surface area contributed by atoms with E-state index in [1.807, 2.05) is 37.4 Å². The summed E-state index contributed by atoms with van der Waals surface area (Å²) in [5, 5.41) is 11.9. The predicted octanol–water partition coefficient (Wildman–Crippen LogP) is 3.33. The molecule has 2 aromatic heterocycles. The molecule has 3 aromatic rings. The Morgan fingerprint density at radius 2 is 2.00 bits per heavy atom. The third-order valence-corrected chi connectivity index (χ3v) is 5.31. The summed E-state index contributed by atoms with van der Waals surface area (Å²) in [6, 6.07) is 12.3. The zero-order chi connectivity index (χ0) is 18.8. The number of aliphatic hydroxyl groups is 1. The minimum Gasteiger partial charge on any atom is -0.391 e. The van der Waals surface area contributed by atoms with Crippen molar-refractivity contribution in [2.75, 3.05) is 18.0 Å². The lowest BCUT2D eigenvalue weighted by atomic mass is 9.94. The smallest absolute Gasteiger partial charge is 0.132 e. The van der Waals surface area contributed by atoms with Crippen molar-refractivity contribution in [3.63, 3.8) is 0 Å². The number of anilines is 1. The molecule has 27 heavy (non-hydrogen) atoms. The van der Waals surface area contributed by atoms with E-state index in [9.17, 15) is 5.11 Å². The highest BCUT2D eigenvalue weighted by Gasteiger charge is 2.32. The maximum atomic E-state index is 10.7. The quantitative estimate of drug-likeness (QED) is 0.754. The van der Waals surface area contributed by atoms with E-state index in [1.165, 1.54) is 10.9 Å². The van der Waals surface area contributed by atoms with Gasteiger partial charge in [-0.15, -0.1) is 0 Å². The van der Waals surface area contributed by atoms with Crippen molar-refractivity contribution in [2.45, 2.75) is 39.2 Å². The lowest BCUT2D eigenvalue weighted by molar-refractivity contribution is 0.148. The molecule has 5 heteroatoms. The molecule has 1 fully saturated rings. The van der Waals surface area contributed by atoms with E-state index in [0.29, 0.717) is 6.54 Å². The average Bonchev–Trinajstić information content (AvgIpc) is 3.03. The van der Waals surface area contributed by atoms with Crippen LogP contribution in [0.4, 0.5) is 5.82 Å². The number of hydrogen-bond acceptors (Lipinski definition) is 5. The number of aliphatic hydroxyl groups excluding tert-OH is 1. The van der Waals surface area contributed by atoms with Gasteiger partial charge in [0.2, 0.25) is 0 Å². The van der Waals surface area contributed by atoms with Crippen molar-refractivity contribution < 1.29 is 5.11 Å². The summed E-state index contributed by atoms with van der Waals surface area (Å²) in [7, 11) is 0. The number of pyridine rings is 1. The summed E-state index contributed by atoms with van der Waals surface area (Å²) < 4.78 is 0. The SMILES string of the molecule is CCCc1nc(C)cc(N2C[C@@H](Cc3ccnc4ccccc34)[C@@H](O)C2)n1. The van der Waals surface area contributed by atoms with Gasteiger partial charge in [0.25, 0.3) is 0 Å². The maximum Gasteiger partial charge on any atom is 0.132 e. The molecule has 1 aromatic carbocycles. The van der Waals surface area contributed by atoms with Crippen LogP contribution in [0.1, 0.15) is 30.4 Å². The van der Waals surface area contributed by atoms with E-state index in [-0.39, 0.29) is 12.0 Å². The van der Waals surface area contributed by atoms with Crippen molar-refractivity contribution >= 4 is 16.7 Å². The molecule has 1 aliphatic heterocycles. The summed E-state index contributed by atoms with van der Waals surface area (Å²) in [6.45, 7) is 5.58. The first-order valence-electron chi connectivity index (χ1n) is 9.74. The fourth-order valence-corrected chi connectivity index (χ4v) is 3.97. The first-order valence-corrected chi connectivity index (χ1v) is 9.74. The predicted molar refractivity (Wildman–Crippen MR) is 108 cm³/mol. The van der Waals surface area contributed by atoms with Gasteiger partial charge in [0, 0.05) is 48.8 Å². The monoisotopic (exact) mass is 362 g/mol. The number of nitrogens with zero attached hydrogens (tertiary/aromatic N) is 4. The number of benzene rings is 1. The van der Waals surface area contributed by atoms with Crippen LogP contribution >= 0.6 is 0 Å². The van der Waals surface area contributed by atoms with Crippen molar-refractivity contribution in [2.24, 2.45) is 5.92 Å². The molecule has 2 atom stereocenters. The Bertz CT molecular complexity index is 937. The molecule has 1 saturated heterocycles. The van der Waals surface area contributed by atoms with E-state index in [2.05, 4.69) is 33.9 Å². The molecule has 4 rings (SSSR count). The topological polar surface area (TPSA) is 62.1 Å². The molecule has 1 aliphatic rings. The van der Waals surface area contributed by atoms with E-state index in [1.54, 1.807) is 0 Å². The largest absolute Gasteiger partial charge is 0.391 e. The fourth-order valence-electron chi connectivity index (χ4n) is 3.97.